The van der Waals surface area contributed by atoms with Crippen molar-refractivity contribution in [3.63, 3.8) is 0 Å². The lowest BCUT2D eigenvalue weighted by atomic mass is 9.85. The van der Waals surface area contributed by atoms with Crippen molar-refractivity contribution in [2.24, 2.45) is 4.99 Å². The molecule has 0 radical (unpaired) electrons. The van der Waals surface area contributed by atoms with Crippen LogP contribution in [0.25, 0.3) is 0 Å². The summed E-state index contributed by atoms with van der Waals surface area (Å²) in [5, 5.41) is 10.5. The van der Waals surface area contributed by atoms with Gasteiger partial charge in [0, 0.05) is 11.8 Å². The van der Waals surface area contributed by atoms with Crippen molar-refractivity contribution < 1.29 is 5.11 Å². The average molecular weight is 309 g/mol. The van der Waals surface area contributed by atoms with Crippen LogP contribution in [0.4, 0.5) is 5.69 Å². The summed E-state index contributed by atoms with van der Waals surface area (Å²) in [6.07, 6.45) is 1.73. The highest BCUT2D eigenvalue weighted by Crippen LogP contribution is 2.32. The number of aromatic hydroxyl groups is 1. The van der Waals surface area contributed by atoms with E-state index in [1.807, 2.05) is 30.3 Å². The van der Waals surface area contributed by atoms with Crippen molar-refractivity contribution in [3.05, 3.63) is 59.2 Å². The average Bonchev–Trinajstić information content (AvgIpc) is 2.44. The first-order chi connectivity index (χ1) is 10.6. The number of hydrogen-bond acceptors (Lipinski definition) is 2. The number of hydrogen-bond donors (Lipinski definition) is 1. The molecular formula is C21H27NO. The monoisotopic (exact) mass is 309 g/mol. The van der Waals surface area contributed by atoms with Crippen LogP contribution in [0, 0.1) is 0 Å². The Labute approximate surface area is 139 Å². The molecule has 122 valence electrons. The molecule has 0 aromatic heterocycles. The Hall–Kier alpha value is -2.09. The topological polar surface area (TPSA) is 32.6 Å². The van der Waals surface area contributed by atoms with Gasteiger partial charge in [-0.15, -0.1) is 0 Å². The van der Waals surface area contributed by atoms with Crippen molar-refractivity contribution >= 4 is 11.9 Å². The van der Waals surface area contributed by atoms with Crippen molar-refractivity contribution in [2.45, 2.75) is 52.4 Å². The van der Waals surface area contributed by atoms with Crippen LogP contribution in [-0.2, 0) is 10.8 Å². The molecule has 0 saturated carbocycles. The first-order valence-corrected chi connectivity index (χ1v) is 8.06. The molecule has 0 atom stereocenters. The molecule has 2 heteroatoms. The van der Waals surface area contributed by atoms with Crippen LogP contribution in [0.3, 0.4) is 0 Å². The molecule has 2 nitrogen and oxygen atoms in total. The molecule has 0 fully saturated rings. The molecule has 0 bridgehead atoms. The molecule has 0 unspecified atom stereocenters. The van der Waals surface area contributed by atoms with Gasteiger partial charge in [-0.3, -0.25) is 4.99 Å². The van der Waals surface area contributed by atoms with Crippen LogP contribution >= 0.6 is 0 Å². The first-order valence-electron chi connectivity index (χ1n) is 8.06. The van der Waals surface area contributed by atoms with Gasteiger partial charge in [-0.25, -0.2) is 0 Å². The maximum atomic E-state index is 10.5. The fourth-order valence-electron chi connectivity index (χ4n) is 2.46. The van der Waals surface area contributed by atoms with Gasteiger partial charge in [0.1, 0.15) is 5.75 Å². The number of nitrogens with zero attached hydrogens (tertiary/aromatic N) is 1. The first kappa shape index (κ1) is 17.3. The Kier molecular flexibility index (Phi) is 4.65. The summed E-state index contributed by atoms with van der Waals surface area (Å²) >= 11 is 0. The van der Waals surface area contributed by atoms with Gasteiger partial charge in [0.25, 0.3) is 0 Å². The van der Waals surface area contributed by atoms with E-state index in [2.05, 4.69) is 58.7 Å². The summed E-state index contributed by atoms with van der Waals surface area (Å²) in [6, 6.07) is 14.1. The standard InChI is InChI=1S/C21H27NO/c1-20(2,3)16-10-12-17(13-11-16)22-14-15-8-7-9-18(19(15)23)21(4,5)6/h7-14,23H,1-6H3. The van der Waals surface area contributed by atoms with E-state index in [1.165, 1.54) is 5.56 Å². The molecule has 0 aliphatic heterocycles. The Morgan fingerprint density at radius 3 is 1.96 bits per heavy atom. The third-order valence-corrected chi connectivity index (χ3v) is 3.96. The fourth-order valence-corrected chi connectivity index (χ4v) is 2.46. The summed E-state index contributed by atoms with van der Waals surface area (Å²) in [6.45, 7) is 12.9. The normalized spacial score (nSPS) is 12.8. The Morgan fingerprint density at radius 2 is 1.43 bits per heavy atom. The second-order valence-electron chi connectivity index (χ2n) is 8.05. The van der Waals surface area contributed by atoms with Crippen molar-refractivity contribution in [1.82, 2.24) is 0 Å². The summed E-state index contributed by atoms with van der Waals surface area (Å²) in [5.41, 5.74) is 3.90. The highest BCUT2D eigenvalue weighted by molar-refractivity contribution is 5.86. The van der Waals surface area contributed by atoms with Crippen LogP contribution in [0.2, 0.25) is 0 Å². The lowest BCUT2D eigenvalue weighted by Crippen LogP contribution is -2.11. The predicted octanol–water partition coefficient (Wildman–Crippen LogP) is 5.74. The number of para-hydroxylation sites is 1. The van der Waals surface area contributed by atoms with Gasteiger partial charge in [0.05, 0.1) is 5.69 Å². The second kappa shape index (κ2) is 6.19. The van der Waals surface area contributed by atoms with Gasteiger partial charge in [-0.2, -0.15) is 0 Å². The summed E-state index contributed by atoms with van der Waals surface area (Å²) in [7, 11) is 0. The third-order valence-electron chi connectivity index (χ3n) is 3.96. The summed E-state index contributed by atoms with van der Waals surface area (Å²) < 4.78 is 0. The second-order valence-corrected chi connectivity index (χ2v) is 8.05. The Balaban J connectivity index is 2.27. The van der Waals surface area contributed by atoms with Crippen molar-refractivity contribution in [2.75, 3.05) is 0 Å². The number of rotatable bonds is 2. The minimum atomic E-state index is -0.0950. The van der Waals surface area contributed by atoms with Gasteiger partial charge in [0.15, 0.2) is 0 Å². The maximum absolute atomic E-state index is 10.5. The molecule has 2 rings (SSSR count). The number of aliphatic imine (C=N–C) groups is 1. The largest absolute Gasteiger partial charge is 0.507 e. The molecule has 0 aliphatic carbocycles. The van der Waals surface area contributed by atoms with Gasteiger partial charge < -0.3 is 5.11 Å². The minimum Gasteiger partial charge on any atom is -0.507 e. The van der Waals surface area contributed by atoms with Crippen LogP contribution in [0.1, 0.15) is 58.2 Å². The maximum Gasteiger partial charge on any atom is 0.128 e. The van der Waals surface area contributed by atoms with E-state index in [-0.39, 0.29) is 10.8 Å². The number of phenolic OH excluding ortho intramolecular Hbond substituents is 1. The predicted molar refractivity (Wildman–Crippen MR) is 99.2 cm³/mol. The zero-order valence-corrected chi connectivity index (χ0v) is 15.0. The van der Waals surface area contributed by atoms with E-state index in [4.69, 9.17) is 0 Å². The minimum absolute atomic E-state index is 0.0950. The van der Waals surface area contributed by atoms with Gasteiger partial charge in [-0.05, 0) is 40.2 Å². The molecular weight excluding hydrogens is 282 g/mol. The molecule has 0 amide bonds. The quantitative estimate of drug-likeness (QED) is 0.705. The Bertz CT molecular complexity index is 698. The highest BCUT2D eigenvalue weighted by Gasteiger charge is 2.19. The molecule has 0 aliphatic rings. The molecule has 2 aromatic carbocycles. The summed E-state index contributed by atoms with van der Waals surface area (Å²) in [5.74, 6) is 0.315. The van der Waals surface area contributed by atoms with Crippen molar-refractivity contribution in [3.8, 4) is 5.75 Å². The van der Waals surface area contributed by atoms with E-state index in [0.717, 1.165) is 16.8 Å². The van der Waals surface area contributed by atoms with Gasteiger partial charge in [0.2, 0.25) is 0 Å². The summed E-state index contributed by atoms with van der Waals surface area (Å²) in [4.78, 5) is 4.50. The van der Waals surface area contributed by atoms with Crippen LogP contribution in [0.5, 0.6) is 5.75 Å². The fraction of sp³-hybridized carbons (Fsp3) is 0.381. The van der Waals surface area contributed by atoms with Gasteiger partial charge >= 0.3 is 0 Å². The van der Waals surface area contributed by atoms with E-state index in [0.29, 0.717) is 5.75 Å². The lowest BCUT2D eigenvalue weighted by Gasteiger charge is -2.21. The zero-order valence-electron chi connectivity index (χ0n) is 15.0. The molecule has 0 heterocycles. The molecule has 23 heavy (non-hydrogen) atoms. The van der Waals surface area contributed by atoms with Crippen molar-refractivity contribution in [1.29, 1.82) is 0 Å². The SMILES string of the molecule is CC(C)(C)c1ccc(N=Cc2cccc(C(C)(C)C)c2O)cc1. The number of benzene rings is 2. The van der Waals surface area contributed by atoms with Gasteiger partial charge in [-0.1, -0.05) is 65.8 Å². The Morgan fingerprint density at radius 1 is 0.826 bits per heavy atom. The van der Waals surface area contributed by atoms with Crippen LogP contribution < -0.4 is 0 Å². The lowest BCUT2D eigenvalue weighted by molar-refractivity contribution is 0.446. The third kappa shape index (κ3) is 4.22. The molecule has 0 spiro atoms. The van der Waals surface area contributed by atoms with E-state index in [9.17, 15) is 5.11 Å². The molecule has 2 aromatic rings. The van der Waals surface area contributed by atoms with Crippen LogP contribution in [0.15, 0.2) is 47.5 Å². The van der Waals surface area contributed by atoms with Crippen LogP contribution in [-0.4, -0.2) is 11.3 Å². The van der Waals surface area contributed by atoms with E-state index >= 15 is 0 Å². The van der Waals surface area contributed by atoms with E-state index in [1.54, 1.807) is 6.21 Å². The highest BCUT2D eigenvalue weighted by atomic mass is 16.3. The molecule has 1 N–H and O–H groups in total. The smallest absolute Gasteiger partial charge is 0.128 e. The van der Waals surface area contributed by atoms with E-state index < -0.39 is 0 Å². The zero-order chi connectivity index (χ0) is 17.3. The number of phenols is 1. The molecule has 0 saturated heterocycles.